The van der Waals surface area contributed by atoms with E-state index in [1.165, 1.54) is 0 Å². The Bertz CT molecular complexity index is 273. The number of nitrogens with zero attached hydrogens (tertiary/aromatic N) is 2. The standard InChI is InChI=1S/C10H17ClN2O/c1-8(2)10(6-14-3)13-7-12-5-9(13)4-11/h5,7-8,10H,4,6H2,1-3H3. The van der Waals surface area contributed by atoms with E-state index in [0.717, 1.165) is 5.69 Å². The first-order valence-electron chi connectivity index (χ1n) is 4.76. The molecule has 0 spiro atoms. The van der Waals surface area contributed by atoms with Gasteiger partial charge in [-0.25, -0.2) is 4.98 Å². The monoisotopic (exact) mass is 216 g/mol. The van der Waals surface area contributed by atoms with Crippen molar-refractivity contribution in [3.8, 4) is 0 Å². The normalized spacial score (nSPS) is 13.5. The van der Waals surface area contributed by atoms with Gasteiger partial charge >= 0.3 is 0 Å². The maximum Gasteiger partial charge on any atom is 0.0952 e. The van der Waals surface area contributed by atoms with Crippen molar-refractivity contribution in [3.63, 3.8) is 0 Å². The Labute approximate surface area is 90.0 Å². The third-order valence-corrected chi connectivity index (χ3v) is 2.62. The van der Waals surface area contributed by atoms with Crippen LogP contribution in [0.1, 0.15) is 25.6 Å². The maximum absolute atomic E-state index is 5.82. The summed E-state index contributed by atoms with van der Waals surface area (Å²) in [6.45, 7) is 5.03. The van der Waals surface area contributed by atoms with E-state index in [1.54, 1.807) is 13.3 Å². The number of hydrogen-bond acceptors (Lipinski definition) is 2. The lowest BCUT2D eigenvalue weighted by atomic mass is 10.1. The number of aromatic nitrogens is 2. The fourth-order valence-corrected chi connectivity index (χ4v) is 1.71. The van der Waals surface area contributed by atoms with Crippen LogP contribution in [-0.2, 0) is 10.6 Å². The molecule has 0 fully saturated rings. The summed E-state index contributed by atoms with van der Waals surface area (Å²) < 4.78 is 7.30. The Hall–Kier alpha value is -0.540. The van der Waals surface area contributed by atoms with Crippen LogP contribution in [0.4, 0.5) is 0 Å². The third kappa shape index (κ3) is 2.49. The SMILES string of the molecule is COCC(C(C)C)n1cncc1CCl. The van der Waals surface area contributed by atoms with E-state index in [1.807, 2.05) is 6.33 Å². The van der Waals surface area contributed by atoms with Crippen LogP contribution in [0, 0.1) is 5.92 Å². The molecule has 0 aliphatic heterocycles. The average Bonchev–Trinajstić information content (AvgIpc) is 2.61. The second-order valence-electron chi connectivity index (χ2n) is 3.69. The van der Waals surface area contributed by atoms with Crippen molar-refractivity contribution in [3.05, 3.63) is 18.2 Å². The minimum absolute atomic E-state index is 0.316. The first-order valence-corrected chi connectivity index (χ1v) is 5.29. The number of methoxy groups -OCH3 is 1. The fraction of sp³-hybridized carbons (Fsp3) is 0.700. The van der Waals surface area contributed by atoms with Gasteiger partial charge in [-0.1, -0.05) is 13.8 Å². The van der Waals surface area contributed by atoms with Gasteiger partial charge in [0.15, 0.2) is 0 Å². The summed E-state index contributed by atoms with van der Waals surface area (Å²) in [5.74, 6) is 0.999. The van der Waals surface area contributed by atoms with Gasteiger partial charge in [0.2, 0.25) is 0 Å². The van der Waals surface area contributed by atoms with Crippen molar-refractivity contribution < 1.29 is 4.74 Å². The molecule has 1 aromatic heterocycles. The van der Waals surface area contributed by atoms with Crippen LogP contribution in [0.25, 0.3) is 0 Å². The van der Waals surface area contributed by atoms with Gasteiger partial charge < -0.3 is 9.30 Å². The first-order chi connectivity index (χ1) is 6.70. The van der Waals surface area contributed by atoms with Crippen molar-refractivity contribution in [1.82, 2.24) is 9.55 Å². The molecule has 14 heavy (non-hydrogen) atoms. The molecule has 0 saturated heterocycles. The lowest BCUT2D eigenvalue weighted by molar-refractivity contribution is 0.132. The molecule has 0 amide bonds. The number of alkyl halides is 1. The van der Waals surface area contributed by atoms with Crippen molar-refractivity contribution in [1.29, 1.82) is 0 Å². The number of imidazole rings is 1. The zero-order chi connectivity index (χ0) is 10.6. The zero-order valence-electron chi connectivity index (χ0n) is 8.90. The lowest BCUT2D eigenvalue weighted by Crippen LogP contribution is -2.21. The molecule has 0 bridgehead atoms. The predicted molar refractivity (Wildman–Crippen MR) is 57.5 cm³/mol. The lowest BCUT2D eigenvalue weighted by Gasteiger charge is -2.23. The Morgan fingerprint density at radius 1 is 1.57 bits per heavy atom. The number of halogens is 1. The van der Waals surface area contributed by atoms with Crippen molar-refractivity contribution in [2.24, 2.45) is 5.92 Å². The van der Waals surface area contributed by atoms with Crippen LogP contribution >= 0.6 is 11.6 Å². The minimum Gasteiger partial charge on any atom is -0.383 e. The molecule has 3 nitrogen and oxygen atoms in total. The molecule has 0 radical (unpaired) electrons. The van der Waals surface area contributed by atoms with Crippen molar-refractivity contribution in [2.75, 3.05) is 13.7 Å². The molecule has 0 aromatic carbocycles. The molecule has 1 aromatic rings. The van der Waals surface area contributed by atoms with Crippen molar-refractivity contribution in [2.45, 2.75) is 25.8 Å². The largest absolute Gasteiger partial charge is 0.383 e. The molecule has 0 N–H and O–H groups in total. The van der Waals surface area contributed by atoms with Crippen LogP contribution in [0.2, 0.25) is 0 Å². The van der Waals surface area contributed by atoms with Gasteiger partial charge in [-0.2, -0.15) is 0 Å². The van der Waals surface area contributed by atoms with Gasteiger partial charge in [-0.15, -0.1) is 11.6 Å². The van der Waals surface area contributed by atoms with Crippen molar-refractivity contribution >= 4 is 11.6 Å². The summed E-state index contributed by atoms with van der Waals surface area (Å²) >= 11 is 5.82. The molecule has 0 aliphatic rings. The van der Waals surface area contributed by atoms with E-state index < -0.39 is 0 Å². The van der Waals surface area contributed by atoms with Gasteiger partial charge in [0.25, 0.3) is 0 Å². The van der Waals surface area contributed by atoms with E-state index in [4.69, 9.17) is 16.3 Å². The number of ether oxygens (including phenoxy) is 1. The van der Waals surface area contributed by atoms with E-state index in [9.17, 15) is 0 Å². The Kier molecular flexibility index (Phi) is 4.42. The highest BCUT2D eigenvalue weighted by Gasteiger charge is 2.17. The first kappa shape index (κ1) is 11.5. The molecular formula is C10H17ClN2O. The van der Waals surface area contributed by atoms with Gasteiger partial charge in [-0.05, 0) is 5.92 Å². The number of hydrogen-bond donors (Lipinski definition) is 0. The predicted octanol–water partition coefficient (Wildman–Crippen LogP) is 2.47. The van der Waals surface area contributed by atoms with Gasteiger partial charge in [0.1, 0.15) is 0 Å². The molecule has 1 rings (SSSR count). The quantitative estimate of drug-likeness (QED) is 0.708. The summed E-state index contributed by atoms with van der Waals surface area (Å²) in [5, 5.41) is 0. The zero-order valence-corrected chi connectivity index (χ0v) is 9.66. The van der Waals surface area contributed by atoms with Gasteiger partial charge in [0.05, 0.1) is 30.5 Å². The van der Waals surface area contributed by atoms with Crippen LogP contribution in [0.15, 0.2) is 12.5 Å². The fourth-order valence-electron chi connectivity index (χ4n) is 1.50. The molecule has 4 heteroatoms. The second kappa shape index (κ2) is 5.37. The molecule has 0 aliphatic carbocycles. The van der Waals surface area contributed by atoms with E-state index >= 15 is 0 Å². The highest BCUT2D eigenvalue weighted by atomic mass is 35.5. The van der Waals surface area contributed by atoms with Gasteiger partial charge in [-0.3, -0.25) is 0 Å². The highest BCUT2D eigenvalue weighted by Crippen LogP contribution is 2.20. The van der Waals surface area contributed by atoms with Crippen LogP contribution in [0.3, 0.4) is 0 Å². The summed E-state index contributed by atoms with van der Waals surface area (Å²) in [6, 6.07) is 0.316. The summed E-state index contributed by atoms with van der Waals surface area (Å²) in [4.78, 5) is 4.10. The second-order valence-corrected chi connectivity index (χ2v) is 3.96. The molecule has 0 saturated carbocycles. The molecule has 1 atom stereocenters. The Balaban J connectivity index is 2.86. The summed E-state index contributed by atoms with van der Waals surface area (Å²) in [5.41, 5.74) is 1.04. The average molecular weight is 217 g/mol. The van der Waals surface area contributed by atoms with E-state index in [-0.39, 0.29) is 0 Å². The number of rotatable bonds is 5. The molecule has 80 valence electrons. The Morgan fingerprint density at radius 2 is 2.29 bits per heavy atom. The molecule has 1 unspecified atom stereocenters. The van der Waals surface area contributed by atoms with Crippen LogP contribution in [-0.4, -0.2) is 23.3 Å². The summed E-state index contributed by atoms with van der Waals surface area (Å²) in [7, 11) is 1.71. The molecule has 1 heterocycles. The summed E-state index contributed by atoms with van der Waals surface area (Å²) in [6.07, 6.45) is 3.62. The molecular weight excluding hydrogens is 200 g/mol. The maximum atomic E-state index is 5.82. The van der Waals surface area contributed by atoms with E-state index in [2.05, 4.69) is 23.4 Å². The minimum atomic E-state index is 0.316. The third-order valence-electron chi connectivity index (χ3n) is 2.35. The topological polar surface area (TPSA) is 27.1 Å². The van der Waals surface area contributed by atoms with Crippen LogP contribution in [0.5, 0.6) is 0 Å². The van der Waals surface area contributed by atoms with Crippen LogP contribution < -0.4 is 0 Å². The van der Waals surface area contributed by atoms with E-state index in [0.29, 0.717) is 24.4 Å². The highest BCUT2D eigenvalue weighted by molar-refractivity contribution is 6.16. The van der Waals surface area contributed by atoms with Gasteiger partial charge in [0, 0.05) is 13.3 Å². The smallest absolute Gasteiger partial charge is 0.0952 e. The Morgan fingerprint density at radius 3 is 2.79 bits per heavy atom.